The number of carbonyl (C=O) groups excluding carboxylic acids is 1. The third-order valence-corrected chi connectivity index (χ3v) is 3.19. The monoisotopic (exact) mass is 228 g/mol. The first-order valence-electron chi connectivity index (χ1n) is 4.60. The fraction of sp³-hybridized carbons (Fsp3) is 0.500. The minimum Gasteiger partial charge on any atom is -0.378 e. The van der Waals surface area contributed by atoms with Crippen LogP contribution < -0.4 is 16.2 Å². The Balaban J connectivity index is 2.08. The number of nitrogens with zero attached hydrogens (tertiary/aromatic N) is 2. The van der Waals surface area contributed by atoms with Crippen molar-refractivity contribution in [1.29, 1.82) is 0 Å². The Bertz CT molecular complexity index is 348. The average molecular weight is 228 g/mol. The number of thiazole rings is 1. The fourth-order valence-corrected chi connectivity index (χ4v) is 2.21. The summed E-state index contributed by atoms with van der Waals surface area (Å²) in [6.45, 7) is 3.05. The van der Waals surface area contributed by atoms with Crippen molar-refractivity contribution in [2.45, 2.75) is 0 Å². The molecule has 0 spiro atoms. The highest BCUT2D eigenvalue weighted by Gasteiger charge is 2.16. The number of hydrogen-bond acceptors (Lipinski definition) is 6. The Morgan fingerprint density at radius 3 is 3.00 bits per heavy atom. The molecule has 1 aliphatic heterocycles. The maximum atomic E-state index is 11.2. The molecule has 1 aliphatic rings. The van der Waals surface area contributed by atoms with Gasteiger partial charge >= 0.3 is 0 Å². The van der Waals surface area contributed by atoms with Crippen molar-refractivity contribution in [2.24, 2.45) is 5.84 Å². The van der Waals surface area contributed by atoms with Crippen LogP contribution in [0.25, 0.3) is 0 Å². The molecule has 0 bridgehead atoms. The van der Waals surface area contributed by atoms with Crippen LogP contribution in [0.5, 0.6) is 0 Å². The highest BCUT2D eigenvalue weighted by atomic mass is 32.1. The Hall–Kier alpha value is -1.18. The summed E-state index contributed by atoms with van der Waals surface area (Å²) < 4.78 is 5.23. The number of amides is 1. The van der Waals surface area contributed by atoms with Gasteiger partial charge in [-0.2, -0.15) is 0 Å². The van der Waals surface area contributed by atoms with Crippen LogP contribution >= 0.6 is 11.3 Å². The SMILES string of the molecule is NNC(=O)c1cnc(N2CCOCC2)s1. The van der Waals surface area contributed by atoms with E-state index in [9.17, 15) is 4.79 Å². The zero-order chi connectivity index (χ0) is 10.7. The van der Waals surface area contributed by atoms with Crippen LogP contribution in [-0.4, -0.2) is 37.2 Å². The Kier molecular flexibility index (Phi) is 3.14. The summed E-state index contributed by atoms with van der Waals surface area (Å²) in [5.41, 5.74) is 2.09. The lowest BCUT2D eigenvalue weighted by Crippen LogP contribution is -2.36. The molecule has 1 fully saturated rings. The zero-order valence-electron chi connectivity index (χ0n) is 8.10. The van der Waals surface area contributed by atoms with Gasteiger partial charge < -0.3 is 9.64 Å². The van der Waals surface area contributed by atoms with Gasteiger partial charge in [0, 0.05) is 13.1 Å². The van der Waals surface area contributed by atoms with Gasteiger partial charge in [0.2, 0.25) is 0 Å². The van der Waals surface area contributed by atoms with Gasteiger partial charge in [0.05, 0.1) is 19.4 Å². The number of anilines is 1. The average Bonchev–Trinajstić information content (AvgIpc) is 2.78. The number of hydrogen-bond donors (Lipinski definition) is 2. The number of hydrazine groups is 1. The van der Waals surface area contributed by atoms with Gasteiger partial charge in [-0.15, -0.1) is 0 Å². The molecule has 0 radical (unpaired) electrons. The van der Waals surface area contributed by atoms with Crippen molar-refractivity contribution in [2.75, 3.05) is 31.2 Å². The van der Waals surface area contributed by atoms with Crippen molar-refractivity contribution < 1.29 is 9.53 Å². The highest BCUT2D eigenvalue weighted by Crippen LogP contribution is 2.22. The van der Waals surface area contributed by atoms with Crippen LogP contribution in [0.2, 0.25) is 0 Å². The molecule has 0 aromatic carbocycles. The lowest BCUT2D eigenvalue weighted by Gasteiger charge is -2.25. The summed E-state index contributed by atoms with van der Waals surface area (Å²) >= 11 is 1.34. The molecular weight excluding hydrogens is 216 g/mol. The molecule has 1 saturated heterocycles. The van der Waals surface area contributed by atoms with Gasteiger partial charge in [-0.05, 0) is 0 Å². The second kappa shape index (κ2) is 4.56. The van der Waals surface area contributed by atoms with Crippen molar-refractivity contribution in [3.8, 4) is 0 Å². The summed E-state index contributed by atoms with van der Waals surface area (Å²) in [6.07, 6.45) is 1.54. The fourth-order valence-electron chi connectivity index (χ4n) is 1.34. The number of nitrogens with two attached hydrogens (primary N) is 1. The van der Waals surface area contributed by atoms with Gasteiger partial charge in [0.15, 0.2) is 5.13 Å². The minimum atomic E-state index is -0.299. The number of nitrogens with one attached hydrogen (secondary N) is 1. The Morgan fingerprint density at radius 2 is 2.33 bits per heavy atom. The van der Waals surface area contributed by atoms with E-state index in [-0.39, 0.29) is 5.91 Å². The van der Waals surface area contributed by atoms with Crippen LogP contribution in [0, 0.1) is 0 Å². The molecule has 3 N–H and O–H groups in total. The summed E-state index contributed by atoms with van der Waals surface area (Å²) in [4.78, 5) is 18.0. The van der Waals surface area contributed by atoms with Gasteiger partial charge in [0.25, 0.3) is 5.91 Å². The summed E-state index contributed by atoms with van der Waals surface area (Å²) in [7, 11) is 0. The van der Waals surface area contributed by atoms with Crippen LogP contribution in [0.15, 0.2) is 6.20 Å². The molecule has 0 unspecified atom stereocenters. The number of aromatic nitrogens is 1. The van der Waals surface area contributed by atoms with Gasteiger partial charge in [-0.3, -0.25) is 10.2 Å². The second-order valence-electron chi connectivity index (χ2n) is 3.08. The number of rotatable bonds is 2. The Labute approximate surface area is 91.0 Å². The summed E-state index contributed by atoms with van der Waals surface area (Å²) in [6, 6.07) is 0. The standard InChI is InChI=1S/C8H12N4O2S/c9-11-7(13)6-5-10-8(15-6)12-1-3-14-4-2-12/h5H,1-4,9H2,(H,11,13). The molecule has 82 valence electrons. The minimum absolute atomic E-state index is 0.299. The molecule has 1 aromatic heterocycles. The zero-order valence-corrected chi connectivity index (χ0v) is 8.92. The molecule has 0 saturated carbocycles. The second-order valence-corrected chi connectivity index (χ2v) is 4.09. The van der Waals surface area contributed by atoms with Crippen molar-refractivity contribution in [1.82, 2.24) is 10.4 Å². The summed E-state index contributed by atoms with van der Waals surface area (Å²) in [5, 5.41) is 0.844. The number of ether oxygens (including phenoxy) is 1. The lowest BCUT2D eigenvalue weighted by molar-refractivity contribution is 0.0957. The molecule has 0 atom stereocenters. The Morgan fingerprint density at radius 1 is 1.60 bits per heavy atom. The molecule has 0 aliphatic carbocycles. The molecule has 2 heterocycles. The topological polar surface area (TPSA) is 80.5 Å². The number of carbonyl (C=O) groups is 1. The first kappa shape index (κ1) is 10.3. The van der Waals surface area contributed by atoms with E-state index in [1.165, 1.54) is 17.5 Å². The molecule has 1 amide bonds. The number of nitrogen functional groups attached to an aromatic ring is 1. The van der Waals surface area contributed by atoms with E-state index in [4.69, 9.17) is 10.6 Å². The molecule has 2 rings (SSSR count). The van der Waals surface area contributed by atoms with Gasteiger partial charge in [-0.1, -0.05) is 11.3 Å². The maximum absolute atomic E-state index is 11.2. The van der Waals surface area contributed by atoms with E-state index >= 15 is 0 Å². The number of morpholine rings is 1. The van der Waals surface area contributed by atoms with Crippen LogP contribution in [-0.2, 0) is 4.74 Å². The third kappa shape index (κ3) is 2.25. The van der Waals surface area contributed by atoms with E-state index in [0.29, 0.717) is 18.1 Å². The predicted molar refractivity (Wildman–Crippen MR) is 56.8 cm³/mol. The smallest absolute Gasteiger partial charge is 0.276 e. The van der Waals surface area contributed by atoms with Gasteiger partial charge in [0.1, 0.15) is 4.88 Å². The van der Waals surface area contributed by atoms with E-state index in [2.05, 4.69) is 15.3 Å². The quantitative estimate of drug-likeness (QED) is 0.408. The first-order chi connectivity index (χ1) is 7.31. The molecule has 6 nitrogen and oxygen atoms in total. The van der Waals surface area contributed by atoms with Crippen molar-refractivity contribution in [3.05, 3.63) is 11.1 Å². The molecular formula is C8H12N4O2S. The van der Waals surface area contributed by atoms with Gasteiger partial charge in [-0.25, -0.2) is 10.8 Å². The maximum Gasteiger partial charge on any atom is 0.276 e. The van der Waals surface area contributed by atoms with E-state index in [0.717, 1.165) is 18.2 Å². The largest absolute Gasteiger partial charge is 0.378 e. The van der Waals surface area contributed by atoms with Crippen LogP contribution in [0.1, 0.15) is 9.67 Å². The van der Waals surface area contributed by atoms with E-state index < -0.39 is 0 Å². The van der Waals surface area contributed by atoms with E-state index in [1.807, 2.05) is 0 Å². The van der Waals surface area contributed by atoms with E-state index in [1.54, 1.807) is 0 Å². The lowest BCUT2D eigenvalue weighted by atomic mass is 10.5. The molecule has 1 aromatic rings. The van der Waals surface area contributed by atoms with Crippen LogP contribution in [0.3, 0.4) is 0 Å². The third-order valence-electron chi connectivity index (χ3n) is 2.13. The molecule has 7 heteroatoms. The van der Waals surface area contributed by atoms with Crippen LogP contribution in [0.4, 0.5) is 5.13 Å². The molecule has 15 heavy (non-hydrogen) atoms. The van der Waals surface area contributed by atoms with Crippen molar-refractivity contribution in [3.63, 3.8) is 0 Å². The normalized spacial score (nSPS) is 16.5. The van der Waals surface area contributed by atoms with Crippen molar-refractivity contribution >= 4 is 22.4 Å². The highest BCUT2D eigenvalue weighted by molar-refractivity contribution is 7.17. The summed E-state index contributed by atoms with van der Waals surface area (Å²) in [5.74, 6) is 4.74. The predicted octanol–water partition coefficient (Wildman–Crippen LogP) is -0.417. The first-order valence-corrected chi connectivity index (χ1v) is 5.42.